The molecule has 1 heterocycles. The number of hydrogen-bond donors (Lipinski definition) is 0. The first-order chi connectivity index (χ1) is 8.26. The van der Waals surface area contributed by atoms with Gasteiger partial charge in [0.25, 0.3) is 0 Å². The molecule has 1 saturated heterocycles. The minimum atomic E-state index is -0.510. The Morgan fingerprint density at radius 2 is 2.35 bits per heavy atom. The first-order valence-corrected chi connectivity index (χ1v) is 5.36. The van der Waals surface area contributed by atoms with E-state index >= 15 is 0 Å². The molecule has 1 fully saturated rings. The number of nitrogens with zero attached hydrogens (tertiary/aromatic N) is 2. The highest BCUT2D eigenvalue weighted by atomic mass is 16.7. The van der Waals surface area contributed by atoms with Crippen molar-refractivity contribution < 1.29 is 14.4 Å². The number of carbonyl (C=O) groups is 1. The summed E-state index contributed by atoms with van der Waals surface area (Å²) in [6.45, 7) is 2.51. The van der Waals surface area contributed by atoms with E-state index in [4.69, 9.17) is 14.8 Å². The second-order valence-electron chi connectivity index (χ2n) is 3.55. The van der Waals surface area contributed by atoms with E-state index in [9.17, 15) is 4.79 Å². The number of hydroxylamine groups is 2. The summed E-state index contributed by atoms with van der Waals surface area (Å²) in [5, 5.41) is 10.2. The largest absolute Gasteiger partial charge is 0.438 e. The molecule has 5 nitrogen and oxygen atoms in total. The summed E-state index contributed by atoms with van der Waals surface area (Å²) >= 11 is 0. The van der Waals surface area contributed by atoms with Crippen LogP contribution in [-0.2, 0) is 9.57 Å². The molecule has 1 aliphatic rings. The number of benzene rings is 1. The lowest BCUT2D eigenvalue weighted by Crippen LogP contribution is -2.24. The topological polar surface area (TPSA) is 62.6 Å². The predicted octanol–water partition coefficient (Wildman–Crippen LogP) is 2.00. The maximum Gasteiger partial charge on any atom is 0.434 e. The van der Waals surface area contributed by atoms with Gasteiger partial charge in [-0.15, -0.1) is 0 Å². The van der Waals surface area contributed by atoms with E-state index in [2.05, 4.69) is 6.07 Å². The van der Waals surface area contributed by atoms with Crippen molar-refractivity contribution in [1.29, 1.82) is 5.26 Å². The Balaban J connectivity index is 2.20. The van der Waals surface area contributed by atoms with Crippen LogP contribution in [0.25, 0.3) is 0 Å². The normalized spacial score (nSPS) is 18.9. The third-order valence-electron chi connectivity index (χ3n) is 2.49. The molecule has 0 aromatic heterocycles. The third-order valence-corrected chi connectivity index (χ3v) is 2.49. The van der Waals surface area contributed by atoms with Crippen molar-refractivity contribution in [3.05, 3.63) is 35.4 Å². The molecule has 1 aliphatic heterocycles. The number of ether oxygens (including phenoxy) is 1. The summed E-state index contributed by atoms with van der Waals surface area (Å²) in [5.74, 6) is 0. The van der Waals surface area contributed by atoms with Crippen molar-refractivity contribution in [2.75, 3.05) is 13.2 Å². The molecule has 0 N–H and O–H groups in total. The lowest BCUT2D eigenvalue weighted by molar-refractivity contribution is -0.102. The Morgan fingerprint density at radius 3 is 3.06 bits per heavy atom. The fourth-order valence-electron chi connectivity index (χ4n) is 1.75. The molecule has 0 bridgehead atoms. The molecule has 1 amide bonds. The Hall–Kier alpha value is -2.06. The molecule has 88 valence electrons. The van der Waals surface area contributed by atoms with Crippen LogP contribution in [0.15, 0.2) is 24.3 Å². The Kier molecular flexibility index (Phi) is 3.26. The van der Waals surface area contributed by atoms with Gasteiger partial charge in [-0.25, -0.2) is 4.79 Å². The van der Waals surface area contributed by atoms with Crippen molar-refractivity contribution in [1.82, 2.24) is 5.06 Å². The second-order valence-corrected chi connectivity index (χ2v) is 3.55. The van der Waals surface area contributed by atoms with Gasteiger partial charge in [0.2, 0.25) is 0 Å². The zero-order chi connectivity index (χ0) is 12.3. The van der Waals surface area contributed by atoms with Crippen molar-refractivity contribution in [2.45, 2.75) is 13.0 Å². The minimum Gasteiger partial charge on any atom is -0.438 e. The lowest BCUT2D eigenvalue weighted by atomic mass is 10.0. The van der Waals surface area contributed by atoms with Gasteiger partial charge in [0.1, 0.15) is 0 Å². The highest BCUT2D eigenvalue weighted by Crippen LogP contribution is 2.28. The van der Waals surface area contributed by atoms with Gasteiger partial charge in [-0.05, 0) is 13.0 Å². The van der Waals surface area contributed by atoms with Gasteiger partial charge in [0.15, 0.2) is 6.10 Å². The smallest absolute Gasteiger partial charge is 0.434 e. The summed E-state index contributed by atoms with van der Waals surface area (Å²) in [4.78, 5) is 16.6. The molecular weight excluding hydrogens is 220 g/mol. The van der Waals surface area contributed by atoms with Crippen LogP contribution < -0.4 is 0 Å². The molecule has 1 unspecified atom stereocenters. The number of nitriles is 1. The molecule has 0 radical (unpaired) electrons. The summed E-state index contributed by atoms with van der Waals surface area (Å²) in [6, 6.07) is 9.16. The van der Waals surface area contributed by atoms with Gasteiger partial charge in [-0.2, -0.15) is 10.3 Å². The summed E-state index contributed by atoms with van der Waals surface area (Å²) < 4.78 is 5.17. The van der Waals surface area contributed by atoms with Gasteiger partial charge in [0, 0.05) is 5.56 Å². The number of cyclic esters (lactones) is 1. The van der Waals surface area contributed by atoms with Gasteiger partial charge >= 0.3 is 6.09 Å². The molecule has 2 rings (SSSR count). The number of rotatable bonds is 3. The van der Waals surface area contributed by atoms with E-state index in [0.717, 1.165) is 0 Å². The minimum absolute atomic E-state index is 0.311. The van der Waals surface area contributed by atoms with E-state index in [0.29, 0.717) is 24.3 Å². The molecule has 1 aromatic carbocycles. The Morgan fingerprint density at radius 1 is 1.59 bits per heavy atom. The van der Waals surface area contributed by atoms with E-state index in [1.807, 2.05) is 6.07 Å². The van der Waals surface area contributed by atoms with Crippen LogP contribution in [0.1, 0.15) is 24.2 Å². The van der Waals surface area contributed by atoms with Crippen LogP contribution in [0, 0.1) is 11.3 Å². The molecular formula is C12H12N2O3. The van der Waals surface area contributed by atoms with E-state index in [1.165, 1.54) is 5.06 Å². The Bertz CT molecular complexity index is 467. The molecule has 5 heteroatoms. The summed E-state index contributed by atoms with van der Waals surface area (Å²) in [5.41, 5.74) is 1.23. The zero-order valence-electron chi connectivity index (χ0n) is 9.42. The Labute approximate surface area is 99.1 Å². The highest BCUT2D eigenvalue weighted by Gasteiger charge is 2.34. The highest BCUT2D eigenvalue weighted by molar-refractivity contribution is 5.69. The van der Waals surface area contributed by atoms with Crippen LogP contribution in [-0.4, -0.2) is 24.3 Å². The van der Waals surface area contributed by atoms with Crippen LogP contribution in [0.4, 0.5) is 4.79 Å². The average Bonchev–Trinajstić information content (AvgIpc) is 2.71. The van der Waals surface area contributed by atoms with Gasteiger partial charge in [0.05, 0.1) is 24.8 Å². The quantitative estimate of drug-likeness (QED) is 0.799. The standard InChI is InChI=1S/C12H12N2O3/c1-2-16-14-8-11(17-12(14)15)10-6-4-3-5-9(10)7-13/h3-6,11H,2,8H2,1H3. The lowest BCUT2D eigenvalue weighted by Gasteiger charge is -2.11. The van der Waals surface area contributed by atoms with Crippen LogP contribution >= 0.6 is 0 Å². The SMILES string of the molecule is CCON1CC(c2ccccc2C#N)OC1=O. The molecule has 0 saturated carbocycles. The summed E-state index contributed by atoms with van der Waals surface area (Å²) in [7, 11) is 0. The number of hydrogen-bond acceptors (Lipinski definition) is 4. The molecule has 0 aliphatic carbocycles. The third kappa shape index (κ3) is 2.22. The van der Waals surface area contributed by atoms with Crippen LogP contribution in [0.5, 0.6) is 0 Å². The average molecular weight is 232 g/mol. The molecule has 17 heavy (non-hydrogen) atoms. The molecule has 1 atom stereocenters. The molecule has 0 spiro atoms. The van der Waals surface area contributed by atoms with Crippen LogP contribution in [0.3, 0.4) is 0 Å². The maximum absolute atomic E-state index is 11.4. The summed E-state index contributed by atoms with van der Waals surface area (Å²) in [6.07, 6.45) is -0.950. The van der Waals surface area contributed by atoms with Crippen molar-refractivity contribution in [2.24, 2.45) is 0 Å². The van der Waals surface area contributed by atoms with E-state index in [-0.39, 0.29) is 0 Å². The van der Waals surface area contributed by atoms with Crippen molar-refractivity contribution in [3.63, 3.8) is 0 Å². The molecule has 1 aromatic rings. The number of amides is 1. The van der Waals surface area contributed by atoms with Crippen molar-refractivity contribution >= 4 is 6.09 Å². The number of carbonyl (C=O) groups excluding carboxylic acids is 1. The zero-order valence-corrected chi connectivity index (χ0v) is 9.42. The first kappa shape index (κ1) is 11.4. The fraction of sp³-hybridized carbons (Fsp3) is 0.333. The van der Waals surface area contributed by atoms with Crippen LogP contribution in [0.2, 0.25) is 0 Å². The first-order valence-electron chi connectivity index (χ1n) is 5.36. The van der Waals surface area contributed by atoms with Gasteiger partial charge in [-0.1, -0.05) is 18.2 Å². The second kappa shape index (κ2) is 4.85. The maximum atomic E-state index is 11.4. The fourth-order valence-corrected chi connectivity index (χ4v) is 1.75. The van der Waals surface area contributed by atoms with E-state index in [1.54, 1.807) is 25.1 Å². The monoisotopic (exact) mass is 232 g/mol. The van der Waals surface area contributed by atoms with Gasteiger partial charge in [-0.3, -0.25) is 4.84 Å². The van der Waals surface area contributed by atoms with E-state index < -0.39 is 12.2 Å². The predicted molar refractivity (Wildman–Crippen MR) is 58.7 cm³/mol. The van der Waals surface area contributed by atoms with Crippen molar-refractivity contribution in [3.8, 4) is 6.07 Å². The van der Waals surface area contributed by atoms with Gasteiger partial charge < -0.3 is 4.74 Å².